The van der Waals surface area contributed by atoms with Gasteiger partial charge in [0.15, 0.2) is 0 Å². The van der Waals surface area contributed by atoms with Gasteiger partial charge >= 0.3 is 5.97 Å². The highest BCUT2D eigenvalue weighted by Crippen LogP contribution is 2.15. The van der Waals surface area contributed by atoms with E-state index >= 15 is 0 Å². The molecule has 0 saturated carbocycles. The second kappa shape index (κ2) is 5.86. The van der Waals surface area contributed by atoms with Crippen molar-refractivity contribution in [2.75, 3.05) is 0 Å². The number of aryl methyl sites for hydroxylation is 1. The van der Waals surface area contributed by atoms with Crippen molar-refractivity contribution in [2.45, 2.75) is 32.9 Å². The fourth-order valence-electron chi connectivity index (χ4n) is 1.42. The zero-order chi connectivity index (χ0) is 13.0. The first kappa shape index (κ1) is 13.8. The summed E-state index contributed by atoms with van der Waals surface area (Å²) in [5.41, 5.74) is 0.465. The largest absolute Gasteiger partial charge is 0.480 e. The number of rotatable bonds is 5. The van der Waals surface area contributed by atoms with E-state index in [9.17, 15) is 9.59 Å². The minimum atomic E-state index is -1.05. The molecule has 0 radical (unpaired) electrons. The fourth-order valence-corrected chi connectivity index (χ4v) is 1.89. The smallest absolute Gasteiger partial charge is 0.325 e. The summed E-state index contributed by atoms with van der Waals surface area (Å²) >= 11 is 3.30. The van der Waals surface area contributed by atoms with Gasteiger partial charge in [0, 0.05) is 17.2 Å². The van der Waals surface area contributed by atoms with Gasteiger partial charge in [-0.05, 0) is 35.3 Å². The molecule has 0 fully saturated rings. The van der Waals surface area contributed by atoms with Crippen molar-refractivity contribution in [2.24, 2.45) is 0 Å². The topological polar surface area (TPSA) is 71.3 Å². The van der Waals surface area contributed by atoms with Gasteiger partial charge in [-0.2, -0.15) is 0 Å². The molecule has 5 nitrogen and oxygen atoms in total. The van der Waals surface area contributed by atoms with Gasteiger partial charge in [0.2, 0.25) is 0 Å². The van der Waals surface area contributed by atoms with Crippen LogP contribution in [-0.4, -0.2) is 27.6 Å². The maximum absolute atomic E-state index is 11.9. The molecule has 0 aromatic carbocycles. The Morgan fingerprint density at radius 1 is 1.59 bits per heavy atom. The lowest BCUT2D eigenvalue weighted by molar-refractivity contribution is -0.138. The first-order chi connectivity index (χ1) is 7.95. The average Bonchev–Trinajstić information content (AvgIpc) is 2.60. The highest BCUT2D eigenvalue weighted by atomic mass is 79.9. The van der Waals surface area contributed by atoms with E-state index in [1.807, 2.05) is 13.1 Å². The molecule has 94 valence electrons. The highest BCUT2D eigenvalue weighted by molar-refractivity contribution is 9.10. The van der Waals surface area contributed by atoms with Crippen molar-refractivity contribution in [3.63, 3.8) is 0 Å². The minimum absolute atomic E-state index is 0.376. The minimum Gasteiger partial charge on any atom is -0.480 e. The van der Waals surface area contributed by atoms with Crippen molar-refractivity contribution >= 4 is 27.8 Å². The molecule has 1 aromatic heterocycles. The summed E-state index contributed by atoms with van der Waals surface area (Å²) in [6.07, 6.45) is 2.71. The number of nitrogens with zero attached hydrogens (tertiary/aromatic N) is 1. The molecule has 0 aliphatic carbocycles. The summed E-state index contributed by atoms with van der Waals surface area (Å²) in [5, 5.41) is 11.2. The molecule has 6 heteroatoms. The molecule has 1 heterocycles. The third kappa shape index (κ3) is 3.59. The Labute approximate surface area is 108 Å². The number of aromatic nitrogens is 1. The van der Waals surface area contributed by atoms with Gasteiger partial charge in [-0.1, -0.05) is 6.92 Å². The third-order valence-electron chi connectivity index (χ3n) is 2.28. The van der Waals surface area contributed by atoms with Gasteiger partial charge in [0.1, 0.15) is 11.7 Å². The van der Waals surface area contributed by atoms with E-state index in [1.165, 1.54) is 6.92 Å². The molecular weight excluding hydrogens is 288 g/mol. The lowest BCUT2D eigenvalue weighted by Crippen LogP contribution is -2.39. The van der Waals surface area contributed by atoms with Crippen LogP contribution >= 0.6 is 15.9 Å². The molecule has 0 saturated heterocycles. The summed E-state index contributed by atoms with van der Waals surface area (Å²) in [5.74, 6) is -1.43. The SMILES string of the molecule is CCCn1cc(Br)cc1C(=O)N[C@H](C)C(=O)O. The Morgan fingerprint density at radius 2 is 2.24 bits per heavy atom. The first-order valence-corrected chi connectivity index (χ1v) is 6.14. The number of carbonyl (C=O) groups is 2. The number of hydrogen-bond acceptors (Lipinski definition) is 2. The second-order valence-corrected chi connectivity index (χ2v) is 4.69. The van der Waals surface area contributed by atoms with Gasteiger partial charge < -0.3 is 15.0 Å². The van der Waals surface area contributed by atoms with E-state index in [0.29, 0.717) is 5.69 Å². The molecule has 0 aliphatic heterocycles. The van der Waals surface area contributed by atoms with Crippen molar-refractivity contribution in [3.8, 4) is 0 Å². The molecule has 1 rings (SSSR count). The Kier molecular flexibility index (Phi) is 4.74. The van der Waals surface area contributed by atoms with E-state index in [4.69, 9.17) is 5.11 Å². The van der Waals surface area contributed by atoms with E-state index in [0.717, 1.165) is 17.4 Å². The Hall–Kier alpha value is -1.30. The Morgan fingerprint density at radius 3 is 2.76 bits per heavy atom. The Bertz CT molecular complexity index is 428. The fraction of sp³-hybridized carbons (Fsp3) is 0.455. The zero-order valence-corrected chi connectivity index (χ0v) is 11.3. The van der Waals surface area contributed by atoms with Crippen LogP contribution in [0.25, 0.3) is 0 Å². The van der Waals surface area contributed by atoms with Crippen molar-refractivity contribution in [1.29, 1.82) is 0 Å². The summed E-state index contributed by atoms with van der Waals surface area (Å²) < 4.78 is 2.60. The van der Waals surface area contributed by atoms with Crippen molar-refractivity contribution < 1.29 is 14.7 Å². The lowest BCUT2D eigenvalue weighted by Gasteiger charge is -2.11. The van der Waals surface area contributed by atoms with Crippen LogP contribution < -0.4 is 5.32 Å². The van der Waals surface area contributed by atoms with Crippen LogP contribution in [0.4, 0.5) is 0 Å². The number of nitrogens with one attached hydrogen (secondary N) is 1. The predicted molar refractivity (Wildman–Crippen MR) is 67.0 cm³/mol. The zero-order valence-electron chi connectivity index (χ0n) is 9.74. The summed E-state index contributed by atoms with van der Waals surface area (Å²) in [6, 6.07) is 0.783. The number of carboxylic acid groups (broad SMARTS) is 1. The molecule has 0 spiro atoms. The van der Waals surface area contributed by atoms with Gasteiger partial charge in [-0.3, -0.25) is 9.59 Å². The van der Waals surface area contributed by atoms with Crippen LogP contribution in [0.2, 0.25) is 0 Å². The van der Waals surface area contributed by atoms with Gasteiger partial charge in [0.25, 0.3) is 5.91 Å². The highest BCUT2D eigenvalue weighted by Gasteiger charge is 2.18. The number of hydrogen-bond donors (Lipinski definition) is 2. The molecule has 0 bridgehead atoms. The molecular formula is C11H15BrN2O3. The van der Waals surface area contributed by atoms with E-state index < -0.39 is 12.0 Å². The first-order valence-electron chi connectivity index (χ1n) is 5.35. The van der Waals surface area contributed by atoms with E-state index in [2.05, 4.69) is 21.2 Å². The number of aliphatic carboxylic acids is 1. The van der Waals surface area contributed by atoms with Crippen LogP contribution in [0.15, 0.2) is 16.7 Å². The summed E-state index contributed by atoms with van der Waals surface area (Å²) in [6.45, 7) is 4.16. The van der Waals surface area contributed by atoms with E-state index in [1.54, 1.807) is 10.6 Å². The summed E-state index contributed by atoms with van der Waals surface area (Å²) in [4.78, 5) is 22.5. The molecule has 0 unspecified atom stereocenters. The molecule has 0 aliphatic rings. The maximum atomic E-state index is 11.9. The third-order valence-corrected chi connectivity index (χ3v) is 2.71. The second-order valence-electron chi connectivity index (χ2n) is 3.77. The molecule has 2 N–H and O–H groups in total. The van der Waals surface area contributed by atoms with Crippen LogP contribution in [0.5, 0.6) is 0 Å². The normalized spacial score (nSPS) is 12.2. The predicted octanol–water partition coefficient (Wildman–Crippen LogP) is 1.86. The standard InChI is InChI=1S/C11H15BrN2O3/c1-3-4-14-6-8(12)5-9(14)10(15)13-7(2)11(16)17/h5-7H,3-4H2,1-2H3,(H,13,15)(H,16,17)/t7-/m1/s1. The number of halogens is 1. The molecule has 1 aromatic rings. The molecule has 1 amide bonds. The van der Waals surface area contributed by atoms with Crippen LogP contribution in [-0.2, 0) is 11.3 Å². The van der Waals surface area contributed by atoms with Gasteiger partial charge in [0.05, 0.1) is 0 Å². The van der Waals surface area contributed by atoms with E-state index in [-0.39, 0.29) is 5.91 Å². The van der Waals surface area contributed by atoms with Gasteiger partial charge in [-0.15, -0.1) is 0 Å². The van der Waals surface area contributed by atoms with Crippen LogP contribution in [0.1, 0.15) is 30.8 Å². The quantitative estimate of drug-likeness (QED) is 0.872. The number of carboxylic acids is 1. The number of amides is 1. The van der Waals surface area contributed by atoms with Crippen LogP contribution in [0, 0.1) is 0 Å². The monoisotopic (exact) mass is 302 g/mol. The maximum Gasteiger partial charge on any atom is 0.325 e. The van der Waals surface area contributed by atoms with Crippen molar-refractivity contribution in [3.05, 3.63) is 22.4 Å². The van der Waals surface area contributed by atoms with Gasteiger partial charge in [-0.25, -0.2) is 0 Å². The van der Waals surface area contributed by atoms with Crippen molar-refractivity contribution in [1.82, 2.24) is 9.88 Å². The molecule has 17 heavy (non-hydrogen) atoms. The Balaban J connectivity index is 2.84. The molecule has 1 atom stereocenters. The number of carbonyl (C=O) groups excluding carboxylic acids is 1. The summed E-state index contributed by atoms with van der Waals surface area (Å²) in [7, 11) is 0. The van der Waals surface area contributed by atoms with Crippen LogP contribution in [0.3, 0.4) is 0 Å². The average molecular weight is 303 g/mol. The lowest BCUT2D eigenvalue weighted by atomic mass is 10.3.